The third kappa shape index (κ3) is 3.86. The largest absolute Gasteiger partial charge is 0.386 e. The molecule has 0 atom stereocenters. The van der Waals surface area contributed by atoms with Crippen molar-refractivity contribution in [1.82, 2.24) is 9.55 Å². The monoisotopic (exact) mass is 375 g/mol. The predicted molar refractivity (Wildman–Crippen MR) is 105 cm³/mol. The number of imidazole rings is 1. The minimum atomic E-state index is -1.17. The molecule has 2 aromatic rings. The van der Waals surface area contributed by atoms with Gasteiger partial charge in [-0.25, -0.2) is 9.37 Å². The summed E-state index contributed by atoms with van der Waals surface area (Å²) >= 11 is 0. The van der Waals surface area contributed by atoms with Crippen LogP contribution in [0.5, 0.6) is 0 Å². The molecule has 0 unspecified atom stereocenters. The third-order valence-corrected chi connectivity index (χ3v) is 5.33. The summed E-state index contributed by atoms with van der Waals surface area (Å²) in [6.07, 6.45) is 3.31. The van der Waals surface area contributed by atoms with Gasteiger partial charge in [-0.15, -0.1) is 0 Å². The van der Waals surface area contributed by atoms with E-state index in [2.05, 4.69) is 17.2 Å². The van der Waals surface area contributed by atoms with Crippen LogP contribution in [0.25, 0.3) is 11.0 Å². The zero-order valence-corrected chi connectivity index (χ0v) is 17.1. The number of carbonyl (C=O) groups excluding carboxylic acids is 1. The van der Waals surface area contributed by atoms with Crippen molar-refractivity contribution in [2.24, 2.45) is 5.41 Å². The zero-order valence-electron chi connectivity index (χ0n) is 17.1. The second-order valence-corrected chi connectivity index (χ2v) is 9.79. The van der Waals surface area contributed by atoms with Crippen LogP contribution in [-0.2, 0) is 15.9 Å². The van der Waals surface area contributed by atoms with E-state index < -0.39 is 11.4 Å². The first-order chi connectivity index (χ1) is 12.3. The van der Waals surface area contributed by atoms with Crippen molar-refractivity contribution < 1.29 is 14.3 Å². The summed E-state index contributed by atoms with van der Waals surface area (Å²) in [4.78, 5) is 16.9. The van der Waals surface area contributed by atoms with Crippen LogP contribution in [0, 0.1) is 11.2 Å². The number of amides is 1. The molecule has 0 aliphatic heterocycles. The van der Waals surface area contributed by atoms with Crippen LogP contribution in [-0.4, -0.2) is 20.6 Å². The first-order valence-electron chi connectivity index (χ1n) is 9.55. The average Bonchev–Trinajstić information content (AvgIpc) is 2.80. The standard InChI is InChI=1S/C21H30FN3O2/c1-19(2,3)12-16(26)23-18-24-17-14(22)10-13(20(4,5)27)11-15(17)25(18)21(6)8-7-9-21/h10-11,27H,7-9,12H2,1-6H3,(H,23,24,26). The average molecular weight is 375 g/mol. The zero-order chi connectivity index (χ0) is 20.2. The number of fused-ring (bicyclic) bond motifs is 1. The second kappa shape index (κ2) is 6.30. The van der Waals surface area contributed by atoms with Gasteiger partial charge in [-0.3, -0.25) is 10.1 Å². The van der Waals surface area contributed by atoms with Gasteiger partial charge in [-0.05, 0) is 63.1 Å². The number of halogens is 1. The van der Waals surface area contributed by atoms with Gasteiger partial charge in [-0.1, -0.05) is 20.8 Å². The molecule has 6 heteroatoms. The van der Waals surface area contributed by atoms with Gasteiger partial charge in [0.2, 0.25) is 11.9 Å². The Hall–Kier alpha value is -1.95. The molecule has 3 rings (SSSR count). The van der Waals surface area contributed by atoms with Crippen molar-refractivity contribution in [1.29, 1.82) is 0 Å². The summed E-state index contributed by atoms with van der Waals surface area (Å²) in [5.74, 6) is -0.240. The minimum Gasteiger partial charge on any atom is -0.386 e. The summed E-state index contributed by atoms with van der Waals surface area (Å²) in [5, 5.41) is 13.3. The summed E-state index contributed by atoms with van der Waals surface area (Å²) < 4.78 is 16.7. The van der Waals surface area contributed by atoms with E-state index in [0.717, 1.165) is 19.3 Å². The highest BCUT2D eigenvalue weighted by Crippen LogP contribution is 2.44. The van der Waals surface area contributed by atoms with Gasteiger partial charge in [0, 0.05) is 12.0 Å². The Kier molecular flexibility index (Phi) is 4.62. The van der Waals surface area contributed by atoms with Gasteiger partial charge in [-0.2, -0.15) is 0 Å². The number of aromatic nitrogens is 2. The van der Waals surface area contributed by atoms with Gasteiger partial charge >= 0.3 is 0 Å². The molecule has 1 saturated carbocycles. The van der Waals surface area contributed by atoms with Gasteiger partial charge in [0.1, 0.15) is 5.52 Å². The van der Waals surface area contributed by atoms with E-state index in [4.69, 9.17) is 0 Å². The van der Waals surface area contributed by atoms with Crippen LogP contribution in [0.3, 0.4) is 0 Å². The molecule has 1 fully saturated rings. The maximum Gasteiger partial charge on any atom is 0.227 e. The number of nitrogens with one attached hydrogen (secondary N) is 1. The molecule has 0 saturated heterocycles. The van der Waals surface area contributed by atoms with Crippen molar-refractivity contribution in [3.63, 3.8) is 0 Å². The number of hydrogen-bond donors (Lipinski definition) is 2. The van der Waals surface area contributed by atoms with E-state index in [1.54, 1.807) is 19.9 Å². The number of hydrogen-bond acceptors (Lipinski definition) is 3. The smallest absolute Gasteiger partial charge is 0.227 e. The first-order valence-corrected chi connectivity index (χ1v) is 9.55. The lowest BCUT2D eigenvalue weighted by molar-refractivity contribution is -0.117. The minimum absolute atomic E-state index is 0.134. The molecule has 1 aromatic heterocycles. The molecular weight excluding hydrogens is 345 g/mol. The Morgan fingerprint density at radius 3 is 2.41 bits per heavy atom. The van der Waals surface area contributed by atoms with Crippen LogP contribution in [0.2, 0.25) is 0 Å². The van der Waals surface area contributed by atoms with Crippen LogP contribution in [0.15, 0.2) is 12.1 Å². The highest BCUT2D eigenvalue weighted by molar-refractivity contribution is 5.92. The molecule has 1 aliphatic carbocycles. The maximum absolute atomic E-state index is 14.8. The fraction of sp³-hybridized carbons (Fsp3) is 0.619. The topological polar surface area (TPSA) is 67.2 Å². The molecule has 1 amide bonds. The van der Waals surface area contributed by atoms with Gasteiger partial charge < -0.3 is 9.67 Å². The molecule has 1 heterocycles. The summed E-state index contributed by atoms with van der Waals surface area (Å²) in [6.45, 7) is 11.4. The Morgan fingerprint density at radius 1 is 1.30 bits per heavy atom. The maximum atomic E-state index is 14.8. The van der Waals surface area contributed by atoms with E-state index >= 15 is 0 Å². The number of rotatable bonds is 4. The van der Waals surface area contributed by atoms with Crippen molar-refractivity contribution in [3.8, 4) is 0 Å². The number of benzene rings is 1. The molecular formula is C21H30FN3O2. The lowest BCUT2D eigenvalue weighted by atomic mass is 9.78. The van der Waals surface area contributed by atoms with Crippen LogP contribution in [0.4, 0.5) is 10.3 Å². The Bertz CT molecular complexity index is 883. The SMILES string of the molecule is CC(C)(C)CC(=O)Nc1nc2c(F)cc(C(C)(C)O)cc2n1C1(C)CCC1. The van der Waals surface area contributed by atoms with Crippen LogP contribution < -0.4 is 5.32 Å². The Balaban J connectivity index is 2.14. The van der Waals surface area contributed by atoms with Gasteiger partial charge in [0.05, 0.1) is 11.1 Å². The predicted octanol–water partition coefficient (Wildman–Crippen LogP) is 4.68. The van der Waals surface area contributed by atoms with Crippen molar-refractivity contribution in [2.45, 2.75) is 78.4 Å². The number of anilines is 1. The lowest BCUT2D eigenvalue weighted by Gasteiger charge is -2.41. The molecule has 1 aromatic carbocycles. The molecule has 1 aliphatic rings. The third-order valence-electron chi connectivity index (χ3n) is 5.33. The summed E-state index contributed by atoms with van der Waals surface area (Å²) in [5.41, 5.74) is -0.211. The van der Waals surface area contributed by atoms with E-state index in [-0.39, 0.29) is 22.4 Å². The number of nitrogens with zero attached hydrogens (tertiary/aromatic N) is 2. The molecule has 27 heavy (non-hydrogen) atoms. The van der Waals surface area contributed by atoms with Crippen molar-refractivity contribution in [2.75, 3.05) is 5.32 Å². The fourth-order valence-electron chi connectivity index (χ4n) is 3.68. The Labute approximate surface area is 160 Å². The summed E-state index contributed by atoms with van der Waals surface area (Å²) in [6, 6.07) is 3.11. The van der Waals surface area contributed by atoms with E-state index in [1.165, 1.54) is 6.07 Å². The molecule has 0 radical (unpaired) electrons. The number of carbonyl (C=O) groups is 1. The normalized spacial score (nSPS) is 17.0. The van der Waals surface area contributed by atoms with Crippen molar-refractivity contribution >= 4 is 22.9 Å². The van der Waals surface area contributed by atoms with Crippen LogP contribution in [0.1, 0.15) is 72.8 Å². The molecule has 0 spiro atoms. The quantitative estimate of drug-likeness (QED) is 0.815. The molecule has 0 bridgehead atoms. The highest BCUT2D eigenvalue weighted by atomic mass is 19.1. The molecule has 5 nitrogen and oxygen atoms in total. The van der Waals surface area contributed by atoms with E-state index in [0.29, 0.717) is 23.4 Å². The van der Waals surface area contributed by atoms with Crippen molar-refractivity contribution in [3.05, 3.63) is 23.5 Å². The van der Waals surface area contributed by atoms with Crippen LogP contribution >= 0.6 is 0 Å². The second-order valence-electron chi connectivity index (χ2n) is 9.79. The summed E-state index contributed by atoms with van der Waals surface area (Å²) in [7, 11) is 0. The lowest BCUT2D eigenvalue weighted by Crippen LogP contribution is -2.38. The molecule has 148 valence electrons. The van der Waals surface area contributed by atoms with Gasteiger partial charge in [0.25, 0.3) is 0 Å². The number of aliphatic hydroxyl groups is 1. The van der Waals surface area contributed by atoms with E-state index in [1.807, 2.05) is 25.3 Å². The Morgan fingerprint density at radius 2 is 1.93 bits per heavy atom. The van der Waals surface area contributed by atoms with Gasteiger partial charge in [0.15, 0.2) is 5.82 Å². The van der Waals surface area contributed by atoms with E-state index in [9.17, 15) is 14.3 Å². The molecule has 2 N–H and O–H groups in total. The first kappa shape index (κ1) is 19.8. The highest BCUT2D eigenvalue weighted by Gasteiger charge is 2.38. The fourth-order valence-corrected chi connectivity index (χ4v) is 3.68.